The first kappa shape index (κ1) is 11.3. The van der Waals surface area contributed by atoms with Gasteiger partial charge in [0.05, 0.1) is 17.2 Å². The number of rotatable bonds is 2. The van der Waals surface area contributed by atoms with Crippen LogP contribution in [0.15, 0.2) is 18.2 Å². The Morgan fingerprint density at radius 2 is 2.00 bits per heavy atom. The van der Waals surface area contributed by atoms with Crippen LogP contribution in [-0.2, 0) is 6.18 Å². The van der Waals surface area contributed by atoms with E-state index < -0.39 is 24.2 Å². The van der Waals surface area contributed by atoms with Crippen molar-refractivity contribution < 1.29 is 22.3 Å². The minimum Gasteiger partial charge on any atom is -0.463 e. The van der Waals surface area contributed by atoms with Gasteiger partial charge in [-0.25, -0.2) is 4.39 Å². The average molecular weight is 219 g/mol. The van der Waals surface area contributed by atoms with E-state index in [0.717, 1.165) is 12.1 Å². The fraction of sp³-hybridized carbons (Fsp3) is 0.222. The van der Waals surface area contributed by atoms with E-state index in [4.69, 9.17) is 5.26 Å². The number of hydrogen-bond acceptors (Lipinski definition) is 2. The predicted octanol–water partition coefficient (Wildman–Crippen LogP) is 2.88. The zero-order chi connectivity index (χ0) is 11.5. The molecule has 1 rings (SSSR count). The Kier molecular flexibility index (Phi) is 3.14. The number of benzene rings is 1. The Morgan fingerprint density at radius 1 is 1.33 bits per heavy atom. The fourth-order valence-electron chi connectivity index (χ4n) is 1.01. The SMILES string of the molecule is N#Cc1ccc(OCF)cc1C(F)(F)F. The van der Waals surface area contributed by atoms with Crippen LogP contribution >= 0.6 is 0 Å². The van der Waals surface area contributed by atoms with Gasteiger partial charge in [-0.3, -0.25) is 0 Å². The van der Waals surface area contributed by atoms with Crippen molar-refractivity contribution in [1.82, 2.24) is 0 Å². The molecule has 0 radical (unpaired) electrons. The summed E-state index contributed by atoms with van der Waals surface area (Å²) in [6, 6.07) is 4.04. The highest BCUT2D eigenvalue weighted by Crippen LogP contribution is 2.34. The van der Waals surface area contributed by atoms with Crippen molar-refractivity contribution in [3.8, 4) is 11.8 Å². The van der Waals surface area contributed by atoms with E-state index in [2.05, 4.69) is 4.74 Å². The predicted molar refractivity (Wildman–Crippen MR) is 42.8 cm³/mol. The number of halogens is 4. The first-order valence-electron chi connectivity index (χ1n) is 3.79. The molecule has 0 spiro atoms. The second-order valence-electron chi connectivity index (χ2n) is 2.57. The molecule has 0 fully saturated rings. The van der Waals surface area contributed by atoms with Crippen molar-refractivity contribution in [1.29, 1.82) is 5.26 Å². The molecule has 0 saturated carbocycles. The quantitative estimate of drug-likeness (QED) is 0.716. The molecule has 0 bridgehead atoms. The van der Waals surface area contributed by atoms with Crippen LogP contribution in [-0.4, -0.2) is 6.86 Å². The van der Waals surface area contributed by atoms with E-state index in [1.54, 1.807) is 0 Å². The van der Waals surface area contributed by atoms with Crippen LogP contribution in [0.1, 0.15) is 11.1 Å². The molecule has 0 saturated heterocycles. The standard InChI is InChI=1S/C9H5F4NO/c10-5-15-7-2-1-6(4-14)8(3-7)9(11,12)13/h1-3H,5H2. The van der Waals surface area contributed by atoms with Gasteiger partial charge in [0.2, 0.25) is 6.86 Å². The summed E-state index contributed by atoms with van der Waals surface area (Å²) in [7, 11) is 0. The molecule has 15 heavy (non-hydrogen) atoms. The molecule has 0 aliphatic carbocycles. The second kappa shape index (κ2) is 4.17. The number of nitrogens with zero attached hydrogens (tertiary/aromatic N) is 1. The van der Waals surface area contributed by atoms with Crippen LogP contribution in [0.4, 0.5) is 17.6 Å². The van der Waals surface area contributed by atoms with E-state index in [1.807, 2.05) is 0 Å². The molecular weight excluding hydrogens is 214 g/mol. The fourth-order valence-corrected chi connectivity index (χ4v) is 1.01. The molecule has 1 aromatic rings. The van der Waals surface area contributed by atoms with Gasteiger partial charge >= 0.3 is 6.18 Å². The molecule has 0 amide bonds. The molecule has 0 unspecified atom stereocenters. The van der Waals surface area contributed by atoms with Gasteiger partial charge in [-0.15, -0.1) is 0 Å². The van der Waals surface area contributed by atoms with Crippen LogP contribution < -0.4 is 4.74 Å². The first-order chi connectivity index (χ1) is 6.99. The lowest BCUT2D eigenvalue weighted by molar-refractivity contribution is -0.137. The third-order valence-corrected chi connectivity index (χ3v) is 1.64. The van der Waals surface area contributed by atoms with Crippen LogP contribution in [0, 0.1) is 11.3 Å². The number of hydrogen-bond donors (Lipinski definition) is 0. The summed E-state index contributed by atoms with van der Waals surface area (Å²) in [6.07, 6.45) is -4.65. The van der Waals surface area contributed by atoms with E-state index in [1.165, 1.54) is 6.07 Å². The molecule has 0 aromatic heterocycles. The van der Waals surface area contributed by atoms with Gasteiger partial charge in [0, 0.05) is 0 Å². The van der Waals surface area contributed by atoms with Crippen molar-refractivity contribution in [3.63, 3.8) is 0 Å². The minimum absolute atomic E-state index is 0.260. The Balaban J connectivity index is 3.21. The van der Waals surface area contributed by atoms with Gasteiger partial charge in [-0.05, 0) is 18.2 Å². The summed E-state index contributed by atoms with van der Waals surface area (Å²) >= 11 is 0. The Labute approximate surface area is 82.7 Å². The Morgan fingerprint density at radius 3 is 2.47 bits per heavy atom. The molecule has 0 aliphatic heterocycles. The number of ether oxygens (including phenoxy) is 1. The molecule has 0 aliphatic rings. The maximum Gasteiger partial charge on any atom is 0.417 e. The third-order valence-electron chi connectivity index (χ3n) is 1.64. The lowest BCUT2D eigenvalue weighted by Crippen LogP contribution is -2.08. The van der Waals surface area contributed by atoms with Crippen molar-refractivity contribution in [2.24, 2.45) is 0 Å². The summed E-state index contributed by atoms with van der Waals surface area (Å²) in [6.45, 7) is -1.22. The zero-order valence-corrected chi connectivity index (χ0v) is 7.31. The minimum atomic E-state index is -4.65. The van der Waals surface area contributed by atoms with Crippen molar-refractivity contribution >= 4 is 0 Å². The van der Waals surface area contributed by atoms with Gasteiger partial charge in [0.25, 0.3) is 0 Å². The topological polar surface area (TPSA) is 33.0 Å². The highest BCUT2D eigenvalue weighted by atomic mass is 19.4. The summed E-state index contributed by atoms with van der Waals surface area (Å²) in [5.41, 5.74) is -1.65. The van der Waals surface area contributed by atoms with Crippen LogP contribution in [0.5, 0.6) is 5.75 Å². The maximum atomic E-state index is 12.4. The first-order valence-corrected chi connectivity index (χ1v) is 3.79. The van der Waals surface area contributed by atoms with Gasteiger partial charge in [-0.2, -0.15) is 18.4 Å². The van der Waals surface area contributed by atoms with E-state index in [-0.39, 0.29) is 5.75 Å². The Bertz CT molecular complexity index is 394. The highest BCUT2D eigenvalue weighted by molar-refractivity contribution is 5.44. The van der Waals surface area contributed by atoms with Crippen LogP contribution in [0.25, 0.3) is 0 Å². The Hall–Kier alpha value is -1.77. The highest BCUT2D eigenvalue weighted by Gasteiger charge is 2.34. The number of alkyl halides is 4. The smallest absolute Gasteiger partial charge is 0.417 e. The number of nitriles is 1. The summed E-state index contributed by atoms with van der Waals surface area (Å²) in [5.74, 6) is -0.260. The maximum absolute atomic E-state index is 12.4. The molecule has 0 heterocycles. The van der Waals surface area contributed by atoms with Crippen molar-refractivity contribution in [3.05, 3.63) is 29.3 Å². The largest absolute Gasteiger partial charge is 0.463 e. The molecule has 2 nitrogen and oxygen atoms in total. The van der Waals surface area contributed by atoms with Crippen LogP contribution in [0.3, 0.4) is 0 Å². The molecule has 6 heteroatoms. The lowest BCUT2D eigenvalue weighted by Gasteiger charge is -2.10. The molecule has 0 N–H and O–H groups in total. The molecule has 0 atom stereocenters. The lowest BCUT2D eigenvalue weighted by atomic mass is 10.1. The second-order valence-corrected chi connectivity index (χ2v) is 2.57. The van der Waals surface area contributed by atoms with E-state index in [0.29, 0.717) is 6.07 Å². The molecule has 1 aromatic carbocycles. The van der Waals surface area contributed by atoms with Gasteiger partial charge in [-0.1, -0.05) is 0 Å². The summed E-state index contributed by atoms with van der Waals surface area (Å²) in [5, 5.41) is 8.44. The normalized spacial score (nSPS) is 10.9. The van der Waals surface area contributed by atoms with Gasteiger partial charge in [0.15, 0.2) is 0 Å². The molecular formula is C9H5F4NO. The van der Waals surface area contributed by atoms with E-state index >= 15 is 0 Å². The van der Waals surface area contributed by atoms with Crippen molar-refractivity contribution in [2.75, 3.05) is 6.86 Å². The third kappa shape index (κ3) is 2.59. The monoisotopic (exact) mass is 219 g/mol. The van der Waals surface area contributed by atoms with Gasteiger partial charge in [0.1, 0.15) is 5.75 Å². The summed E-state index contributed by atoms with van der Waals surface area (Å²) < 4.78 is 53.1. The van der Waals surface area contributed by atoms with Crippen molar-refractivity contribution in [2.45, 2.75) is 6.18 Å². The molecule has 80 valence electrons. The zero-order valence-electron chi connectivity index (χ0n) is 7.31. The average Bonchev–Trinajstić information content (AvgIpc) is 2.17. The van der Waals surface area contributed by atoms with Gasteiger partial charge < -0.3 is 4.74 Å². The summed E-state index contributed by atoms with van der Waals surface area (Å²) in [4.78, 5) is 0. The van der Waals surface area contributed by atoms with E-state index in [9.17, 15) is 17.6 Å². The van der Waals surface area contributed by atoms with Crippen LogP contribution in [0.2, 0.25) is 0 Å².